The zero-order valence-electron chi connectivity index (χ0n) is 11.1. The summed E-state index contributed by atoms with van der Waals surface area (Å²) >= 11 is 0. The van der Waals surface area contributed by atoms with Crippen molar-refractivity contribution in [2.75, 3.05) is 5.43 Å². The number of nitrogens with two attached hydrogens (primary N) is 1. The molecule has 0 aromatic carbocycles. The highest BCUT2D eigenvalue weighted by Gasteiger charge is 2.16. The monoisotopic (exact) mass is 263 g/mol. The molecule has 4 N–H and O–H groups in total. The Morgan fingerprint density at radius 1 is 1.11 bits per heavy atom. The molecule has 1 aromatic rings. The van der Waals surface area contributed by atoms with Crippen LogP contribution in [0, 0.1) is 0 Å². The minimum Gasteiger partial charge on any atom is -0.348 e. The average Bonchev–Trinajstić information content (AvgIpc) is 2.41. The Morgan fingerprint density at radius 2 is 1.79 bits per heavy atom. The van der Waals surface area contributed by atoms with E-state index in [-0.39, 0.29) is 11.9 Å². The van der Waals surface area contributed by atoms with E-state index in [1.807, 2.05) is 0 Å². The lowest BCUT2D eigenvalue weighted by Crippen LogP contribution is -2.35. The first-order valence-corrected chi connectivity index (χ1v) is 6.91. The van der Waals surface area contributed by atoms with Gasteiger partial charge in [0.15, 0.2) is 11.5 Å². The fourth-order valence-corrected chi connectivity index (χ4v) is 2.39. The summed E-state index contributed by atoms with van der Waals surface area (Å²) in [5.74, 6) is 5.50. The number of anilines is 1. The van der Waals surface area contributed by atoms with Crippen LogP contribution in [0.2, 0.25) is 0 Å². The van der Waals surface area contributed by atoms with Gasteiger partial charge in [0, 0.05) is 6.04 Å². The molecule has 6 nitrogen and oxygen atoms in total. The third-order valence-corrected chi connectivity index (χ3v) is 3.49. The fourth-order valence-electron chi connectivity index (χ4n) is 2.39. The molecular weight excluding hydrogens is 242 g/mol. The number of hydrogen-bond acceptors (Lipinski definition) is 5. The lowest BCUT2D eigenvalue weighted by Gasteiger charge is -2.20. The molecule has 1 saturated carbocycles. The number of nitrogen functional groups attached to an aromatic ring is 1. The molecule has 1 aromatic heterocycles. The number of carbonyl (C=O) groups excluding carboxylic acids is 1. The van der Waals surface area contributed by atoms with Crippen LogP contribution in [0.25, 0.3) is 0 Å². The van der Waals surface area contributed by atoms with Gasteiger partial charge in [0.05, 0.1) is 0 Å². The first kappa shape index (κ1) is 13.7. The van der Waals surface area contributed by atoms with E-state index in [0.717, 1.165) is 12.8 Å². The van der Waals surface area contributed by atoms with Gasteiger partial charge in [-0.1, -0.05) is 32.1 Å². The van der Waals surface area contributed by atoms with Crippen LogP contribution in [0.3, 0.4) is 0 Å². The van der Waals surface area contributed by atoms with Gasteiger partial charge in [-0.2, -0.15) is 0 Å². The SMILES string of the molecule is NNc1ccc(C(=O)NC2CCCCCCC2)nn1. The summed E-state index contributed by atoms with van der Waals surface area (Å²) in [5.41, 5.74) is 2.72. The van der Waals surface area contributed by atoms with Crippen molar-refractivity contribution in [3.63, 3.8) is 0 Å². The molecule has 0 radical (unpaired) electrons. The Balaban J connectivity index is 1.91. The van der Waals surface area contributed by atoms with Crippen molar-refractivity contribution < 1.29 is 4.79 Å². The number of nitrogens with one attached hydrogen (secondary N) is 2. The second kappa shape index (κ2) is 7.04. The van der Waals surface area contributed by atoms with Gasteiger partial charge in [-0.05, 0) is 25.0 Å². The highest BCUT2D eigenvalue weighted by Crippen LogP contribution is 2.17. The minimum atomic E-state index is -0.151. The zero-order valence-corrected chi connectivity index (χ0v) is 11.1. The predicted molar refractivity (Wildman–Crippen MR) is 73.4 cm³/mol. The fraction of sp³-hybridized carbons (Fsp3) is 0.615. The summed E-state index contributed by atoms with van der Waals surface area (Å²) in [7, 11) is 0. The summed E-state index contributed by atoms with van der Waals surface area (Å²) in [5, 5.41) is 10.7. The van der Waals surface area contributed by atoms with E-state index >= 15 is 0 Å². The molecule has 2 rings (SSSR count). The van der Waals surface area contributed by atoms with Crippen LogP contribution in [-0.4, -0.2) is 22.1 Å². The van der Waals surface area contributed by atoms with E-state index in [1.54, 1.807) is 12.1 Å². The molecule has 0 saturated heterocycles. The molecule has 0 atom stereocenters. The first-order valence-electron chi connectivity index (χ1n) is 6.91. The number of rotatable bonds is 3. The van der Waals surface area contributed by atoms with E-state index in [9.17, 15) is 4.79 Å². The highest BCUT2D eigenvalue weighted by atomic mass is 16.2. The van der Waals surface area contributed by atoms with Gasteiger partial charge in [0.1, 0.15) is 0 Å². The highest BCUT2D eigenvalue weighted by molar-refractivity contribution is 5.92. The van der Waals surface area contributed by atoms with E-state index in [0.29, 0.717) is 11.5 Å². The Morgan fingerprint density at radius 3 is 2.37 bits per heavy atom. The van der Waals surface area contributed by atoms with Gasteiger partial charge in [0.25, 0.3) is 5.91 Å². The van der Waals surface area contributed by atoms with Gasteiger partial charge in [-0.15, -0.1) is 10.2 Å². The van der Waals surface area contributed by atoms with Gasteiger partial charge >= 0.3 is 0 Å². The second-order valence-electron chi connectivity index (χ2n) is 4.96. The molecule has 1 aliphatic rings. The van der Waals surface area contributed by atoms with Crippen molar-refractivity contribution in [3.05, 3.63) is 17.8 Å². The molecule has 104 valence electrons. The van der Waals surface area contributed by atoms with Gasteiger partial charge in [-0.3, -0.25) is 4.79 Å². The molecule has 1 fully saturated rings. The largest absolute Gasteiger partial charge is 0.348 e. The van der Waals surface area contributed by atoms with Gasteiger partial charge < -0.3 is 10.7 Å². The predicted octanol–water partition coefficient (Wildman–Crippen LogP) is 1.60. The molecule has 1 aliphatic carbocycles. The molecular formula is C13H21N5O. The van der Waals surface area contributed by atoms with Crippen molar-refractivity contribution >= 4 is 11.7 Å². The van der Waals surface area contributed by atoms with E-state index in [1.165, 1.54) is 32.1 Å². The maximum atomic E-state index is 12.0. The van der Waals surface area contributed by atoms with Crippen LogP contribution in [0.1, 0.15) is 55.4 Å². The van der Waals surface area contributed by atoms with Crippen molar-refractivity contribution in [2.45, 2.75) is 51.0 Å². The number of carbonyl (C=O) groups is 1. The maximum absolute atomic E-state index is 12.0. The molecule has 1 amide bonds. The number of hydrogen-bond donors (Lipinski definition) is 3. The number of amides is 1. The third kappa shape index (κ3) is 4.17. The summed E-state index contributed by atoms with van der Waals surface area (Å²) in [6, 6.07) is 3.53. The molecule has 1 heterocycles. The van der Waals surface area contributed by atoms with Crippen molar-refractivity contribution in [2.24, 2.45) is 5.84 Å². The lowest BCUT2D eigenvalue weighted by molar-refractivity contribution is 0.0924. The van der Waals surface area contributed by atoms with E-state index in [2.05, 4.69) is 20.9 Å². The number of hydrazine groups is 1. The van der Waals surface area contributed by atoms with Crippen LogP contribution in [-0.2, 0) is 0 Å². The Hall–Kier alpha value is -1.69. The normalized spacial score (nSPS) is 17.3. The van der Waals surface area contributed by atoms with Gasteiger partial charge in [-0.25, -0.2) is 5.84 Å². The molecule has 6 heteroatoms. The maximum Gasteiger partial charge on any atom is 0.272 e. The smallest absolute Gasteiger partial charge is 0.272 e. The van der Waals surface area contributed by atoms with Crippen LogP contribution < -0.4 is 16.6 Å². The van der Waals surface area contributed by atoms with Crippen LogP contribution >= 0.6 is 0 Å². The Kier molecular flexibility index (Phi) is 5.09. The molecule has 0 spiro atoms. The zero-order chi connectivity index (χ0) is 13.5. The summed E-state index contributed by atoms with van der Waals surface area (Å²) in [4.78, 5) is 12.0. The van der Waals surface area contributed by atoms with Crippen molar-refractivity contribution in [3.8, 4) is 0 Å². The molecule has 0 bridgehead atoms. The van der Waals surface area contributed by atoms with Crippen LogP contribution in [0.4, 0.5) is 5.82 Å². The van der Waals surface area contributed by atoms with Crippen molar-refractivity contribution in [1.29, 1.82) is 0 Å². The summed E-state index contributed by atoms with van der Waals surface area (Å²) in [6.07, 6.45) is 8.34. The molecule has 19 heavy (non-hydrogen) atoms. The van der Waals surface area contributed by atoms with Crippen molar-refractivity contribution in [1.82, 2.24) is 15.5 Å². The second-order valence-corrected chi connectivity index (χ2v) is 4.96. The molecule has 0 unspecified atom stereocenters. The third-order valence-electron chi connectivity index (χ3n) is 3.49. The standard InChI is InChI=1S/C13H21N5O/c14-16-12-9-8-11(17-18-12)13(19)15-10-6-4-2-1-3-5-7-10/h8-10H,1-7,14H2,(H,15,19)(H,16,18). The van der Waals surface area contributed by atoms with Crippen LogP contribution in [0.5, 0.6) is 0 Å². The summed E-state index contributed by atoms with van der Waals surface area (Å²) in [6.45, 7) is 0. The van der Waals surface area contributed by atoms with E-state index < -0.39 is 0 Å². The van der Waals surface area contributed by atoms with Crippen LogP contribution in [0.15, 0.2) is 12.1 Å². The Labute approximate surface area is 113 Å². The Bertz CT molecular complexity index is 398. The number of nitrogens with zero attached hydrogens (tertiary/aromatic N) is 2. The molecule has 0 aliphatic heterocycles. The summed E-state index contributed by atoms with van der Waals surface area (Å²) < 4.78 is 0. The lowest BCUT2D eigenvalue weighted by atomic mass is 9.96. The topological polar surface area (TPSA) is 92.9 Å². The minimum absolute atomic E-state index is 0.151. The average molecular weight is 263 g/mol. The van der Waals surface area contributed by atoms with Gasteiger partial charge in [0.2, 0.25) is 0 Å². The quantitative estimate of drug-likeness (QED) is 0.569. The first-order chi connectivity index (χ1) is 9.29. The number of aromatic nitrogens is 2. The van der Waals surface area contributed by atoms with E-state index in [4.69, 9.17) is 5.84 Å².